The number of carboxylic acid groups (broad SMARTS) is 2. The molecule has 4 atom stereocenters. The van der Waals surface area contributed by atoms with Crippen LogP contribution in [0.25, 0.3) is 10.9 Å². The topological polar surface area (TPSA) is 253 Å². The molecule has 3 aromatic rings. The van der Waals surface area contributed by atoms with Crippen LogP contribution < -0.4 is 21.7 Å². The number of hydrogen-bond donors (Lipinski definition) is 9. The molecule has 39 heavy (non-hydrogen) atoms. The van der Waals surface area contributed by atoms with Crippen LogP contribution in [0.15, 0.2) is 43.0 Å². The minimum Gasteiger partial charge on any atom is -0.481 e. The molecule has 0 radical (unpaired) electrons. The van der Waals surface area contributed by atoms with Crippen molar-refractivity contribution in [3.63, 3.8) is 0 Å². The molecule has 0 fully saturated rings. The highest BCUT2D eigenvalue weighted by atomic mass is 16.4. The Labute approximate surface area is 221 Å². The number of carbonyl (C=O) groups is 5. The number of nitrogens with one attached hydrogen (secondary N) is 5. The zero-order valence-electron chi connectivity index (χ0n) is 20.6. The summed E-state index contributed by atoms with van der Waals surface area (Å²) in [6.07, 6.45) is 3.34. The van der Waals surface area contributed by atoms with Gasteiger partial charge in [-0.05, 0) is 11.6 Å². The van der Waals surface area contributed by atoms with Crippen molar-refractivity contribution in [2.45, 2.75) is 43.4 Å². The van der Waals surface area contributed by atoms with E-state index in [0.717, 1.165) is 10.9 Å². The van der Waals surface area contributed by atoms with Gasteiger partial charge in [-0.1, -0.05) is 18.2 Å². The van der Waals surface area contributed by atoms with E-state index in [0.29, 0.717) is 11.3 Å². The summed E-state index contributed by atoms with van der Waals surface area (Å²) in [4.78, 5) is 71.4. The van der Waals surface area contributed by atoms with Crippen molar-refractivity contribution in [2.24, 2.45) is 5.73 Å². The van der Waals surface area contributed by atoms with Gasteiger partial charge in [-0.25, -0.2) is 9.78 Å². The highest BCUT2D eigenvalue weighted by molar-refractivity contribution is 5.96. The second-order valence-electron chi connectivity index (χ2n) is 8.75. The molecule has 0 aliphatic heterocycles. The van der Waals surface area contributed by atoms with Crippen LogP contribution in [0.2, 0.25) is 0 Å². The van der Waals surface area contributed by atoms with E-state index >= 15 is 0 Å². The third-order valence-electron chi connectivity index (χ3n) is 5.87. The Morgan fingerprint density at radius 3 is 2.21 bits per heavy atom. The van der Waals surface area contributed by atoms with Crippen LogP contribution in [0.4, 0.5) is 0 Å². The molecule has 208 valence electrons. The maximum Gasteiger partial charge on any atom is 0.326 e. The molecular weight excluding hydrogens is 514 g/mol. The lowest BCUT2D eigenvalue weighted by Gasteiger charge is -2.24. The van der Waals surface area contributed by atoms with E-state index in [4.69, 9.17) is 10.8 Å². The number of amides is 3. The predicted octanol–water partition coefficient (Wildman–Crippen LogP) is -1.99. The number of fused-ring (bicyclic) bond motifs is 1. The van der Waals surface area contributed by atoms with E-state index in [1.54, 1.807) is 30.5 Å². The summed E-state index contributed by atoms with van der Waals surface area (Å²) in [5.74, 6) is -5.59. The molecule has 0 aliphatic rings. The van der Waals surface area contributed by atoms with Crippen molar-refractivity contribution in [3.05, 3.63) is 54.2 Å². The standard InChI is InChI=1S/C24H29N7O8/c25-15(10-32)21(35)29-18(7-20(33)34)23(37)30-17(5-12-8-27-16-4-2-1-3-14(12)16)22(36)31-19(24(38)39)6-13-9-26-11-28-13/h1-4,8-9,11,15,17-19,27,32H,5-7,10,25H2,(H,26,28)(H,29,35)(H,30,37)(H,31,36)(H,33,34)(H,38,39). The van der Waals surface area contributed by atoms with Gasteiger partial charge < -0.3 is 47.0 Å². The molecule has 2 aromatic heterocycles. The monoisotopic (exact) mass is 543 g/mol. The summed E-state index contributed by atoms with van der Waals surface area (Å²) < 4.78 is 0. The van der Waals surface area contributed by atoms with Crippen molar-refractivity contribution in [1.29, 1.82) is 0 Å². The molecule has 0 spiro atoms. The summed E-state index contributed by atoms with van der Waals surface area (Å²) >= 11 is 0. The smallest absolute Gasteiger partial charge is 0.326 e. The Hall–Kier alpha value is -4.76. The first-order valence-electron chi connectivity index (χ1n) is 11.8. The van der Waals surface area contributed by atoms with Gasteiger partial charge in [0.15, 0.2) is 0 Å². The fraction of sp³-hybridized carbons (Fsp3) is 0.333. The number of aliphatic hydroxyl groups is 1. The molecule has 2 heterocycles. The number of aliphatic hydroxyl groups excluding tert-OH is 1. The lowest BCUT2D eigenvalue weighted by molar-refractivity contribution is -0.143. The first kappa shape index (κ1) is 28.8. The largest absolute Gasteiger partial charge is 0.481 e. The quantitative estimate of drug-likeness (QED) is 0.108. The number of nitrogens with two attached hydrogens (primary N) is 1. The third-order valence-corrected chi connectivity index (χ3v) is 5.87. The summed E-state index contributed by atoms with van der Waals surface area (Å²) in [7, 11) is 0. The van der Waals surface area contributed by atoms with Gasteiger partial charge >= 0.3 is 11.9 Å². The van der Waals surface area contributed by atoms with Crippen molar-refractivity contribution >= 4 is 40.6 Å². The van der Waals surface area contributed by atoms with E-state index in [9.17, 15) is 34.2 Å². The van der Waals surface area contributed by atoms with Crippen LogP contribution >= 0.6 is 0 Å². The summed E-state index contributed by atoms with van der Waals surface area (Å²) in [6.45, 7) is -0.744. The predicted molar refractivity (Wildman–Crippen MR) is 135 cm³/mol. The van der Waals surface area contributed by atoms with E-state index in [2.05, 4.69) is 30.9 Å². The van der Waals surface area contributed by atoms with E-state index in [-0.39, 0.29) is 12.8 Å². The van der Waals surface area contributed by atoms with Crippen LogP contribution in [0.3, 0.4) is 0 Å². The highest BCUT2D eigenvalue weighted by Gasteiger charge is 2.32. The lowest BCUT2D eigenvalue weighted by Crippen LogP contribution is -2.58. The zero-order chi connectivity index (χ0) is 28.5. The molecular formula is C24H29N7O8. The van der Waals surface area contributed by atoms with Crippen LogP contribution in [0, 0.1) is 0 Å². The Morgan fingerprint density at radius 1 is 0.897 bits per heavy atom. The van der Waals surface area contributed by atoms with Crippen LogP contribution in [-0.4, -0.2) is 90.7 Å². The molecule has 3 amide bonds. The van der Waals surface area contributed by atoms with E-state index < -0.39 is 66.9 Å². The van der Waals surface area contributed by atoms with Crippen molar-refractivity contribution in [3.8, 4) is 0 Å². The number of aliphatic carboxylic acids is 2. The maximum absolute atomic E-state index is 13.3. The number of rotatable bonds is 14. The number of imidazole rings is 1. The molecule has 0 aliphatic carbocycles. The molecule has 0 saturated carbocycles. The van der Waals surface area contributed by atoms with Crippen LogP contribution in [-0.2, 0) is 36.8 Å². The Kier molecular flexibility index (Phi) is 9.72. The van der Waals surface area contributed by atoms with E-state index in [1.807, 2.05) is 0 Å². The molecule has 15 heteroatoms. The second kappa shape index (κ2) is 13.2. The molecule has 0 saturated heterocycles. The van der Waals surface area contributed by atoms with Gasteiger partial charge in [-0.2, -0.15) is 0 Å². The maximum atomic E-state index is 13.3. The minimum atomic E-state index is -1.63. The van der Waals surface area contributed by atoms with Crippen molar-refractivity contribution in [2.75, 3.05) is 6.61 Å². The normalized spacial score (nSPS) is 14.1. The molecule has 10 N–H and O–H groups in total. The Balaban J connectivity index is 1.86. The zero-order valence-corrected chi connectivity index (χ0v) is 20.6. The summed E-state index contributed by atoms with van der Waals surface area (Å²) in [5.41, 5.74) is 7.28. The van der Waals surface area contributed by atoms with Crippen molar-refractivity contribution in [1.82, 2.24) is 30.9 Å². The number of aromatic nitrogens is 3. The number of aromatic amines is 2. The number of carboxylic acids is 2. The van der Waals surface area contributed by atoms with Gasteiger partial charge in [-0.15, -0.1) is 0 Å². The number of H-pyrrole nitrogens is 2. The van der Waals surface area contributed by atoms with E-state index in [1.165, 1.54) is 12.5 Å². The van der Waals surface area contributed by atoms with Crippen molar-refractivity contribution < 1.29 is 39.3 Å². The minimum absolute atomic E-state index is 0.0954. The molecule has 1 aromatic carbocycles. The second-order valence-corrected chi connectivity index (χ2v) is 8.75. The summed E-state index contributed by atoms with van der Waals surface area (Å²) in [5, 5.41) is 35.7. The molecule has 15 nitrogen and oxygen atoms in total. The third kappa shape index (κ3) is 7.86. The number of para-hydroxylation sites is 1. The lowest BCUT2D eigenvalue weighted by atomic mass is 10.0. The number of hydrogen-bond acceptors (Lipinski definition) is 8. The Morgan fingerprint density at radius 2 is 1.56 bits per heavy atom. The first-order valence-corrected chi connectivity index (χ1v) is 11.8. The molecule has 0 bridgehead atoms. The van der Waals surface area contributed by atoms with Crippen LogP contribution in [0.5, 0.6) is 0 Å². The summed E-state index contributed by atoms with van der Waals surface area (Å²) in [6, 6.07) is 1.40. The highest BCUT2D eigenvalue weighted by Crippen LogP contribution is 2.19. The molecule has 3 rings (SSSR count). The fourth-order valence-corrected chi connectivity index (χ4v) is 3.84. The Bertz CT molecular complexity index is 1320. The van der Waals surface area contributed by atoms with Crippen LogP contribution in [0.1, 0.15) is 17.7 Å². The van der Waals surface area contributed by atoms with Gasteiger partial charge in [-0.3, -0.25) is 19.2 Å². The van der Waals surface area contributed by atoms with Gasteiger partial charge in [0.2, 0.25) is 17.7 Å². The number of carbonyl (C=O) groups excluding carboxylic acids is 3. The first-order chi connectivity index (χ1) is 18.6. The van der Waals surface area contributed by atoms with Gasteiger partial charge in [0.05, 0.1) is 19.4 Å². The van der Waals surface area contributed by atoms with Gasteiger partial charge in [0.1, 0.15) is 24.2 Å². The fourth-order valence-electron chi connectivity index (χ4n) is 3.84. The number of nitrogens with zero attached hydrogens (tertiary/aromatic N) is 1. The SMILES string of the molecule is NC(CO)C(=O)NC(CC(=O)O)C(=O)NC(Cc1c[nH]c2ccccc12)C(=O)NC(Cc1cnc[nH]1)C(=O)O. The van der Waals surface area contributed by atoms with Gasteiger partial charge in [0, 0.05) is 41.8 Å². The average molecular weight is 544 g/mol. The molecule has 4 unspecified atom stereocenters. The average Bonchev–Trinajstić information content (AvgIpc) is 3.56. The number of benzene rings is 1. The van der Waals surface area contributed by atoms with Gasteiger partial charge in [0.25, 0.3) is 0 Å².